The maximum atomic E-state index is 12.1. The smallest absolute Gasteiger partial charge is 0.239 e. The molecule has 0 aromatic heterocycles. The lowest BCUT2D eigenvalue weighted by Gasteiger charge is -2.34. The van der Waals surface area contributed by atoms with Gasteiger partial charge in [0, 0.05) is 17.6 Å². The molecule has 0 bridgehead atoms. The molecule has 0 heterocycles. The second kappa shape index (κ2) is 11.0. The number of hydrogen-bond acceptors (Lipinski definition) is 3. The summed E-state index contributed by atoms with van der Waals surface area (Å²) in [6.45, 7) is 31.9. The molecule has 0 aliphatic carbocycles. The molecule has 4 nitrogen and oxygen atoms in total. The van der Waals surface area contributed by atoms with Gasteiger partial charge in [-0.15, -0.1) is 0 Å². The van der Waals surface area contributed by atoms with E-state index in [9.17, 15) is 4.79 Å². The fourth-order valence-electron chi connectivity index (χ4n) is 2.58. The molecule has 28 heavy (non-hydrogen) atoms. The Kier molecular flexibility index (Phi) is 11.6. The van der Waals surface area contributed by atoms with Gasteiger partial charge in [-0.25, -0.2) is 0 Å². The van der Waals surface area contributed by atoms with Crippen molar-refractivity contribution in [2.24, 2.45) is 10.8 Å². The van der Waals surface area contributed by atoms with Crippen LogP contribution in [0.2, 0.25) is 0 Å². The molecule has 0 saturated carbocycles. The molecule has 0 fully saturated rings. The molecule has 0 aliphatic rings. The quantitative estimate of drug-likeness (QED) is 0.551. The van der Waals surface area contributed by atoms with Crippen LogP contribution in [0.5, 0.6) is 0 Å². The molecule has 0 spiro atoms. The summed E-state index contributed by atoms with van der Waals surface area (Å²) >= 11 is 0. The van der Waals surface area contributed by atoms with Crippen molar-refractivity contribution in [1.82, 2.24) is 16.0 Å². The minimum absolute atomic E-state index is 0.0646. The van der Waals surface area contributed by atoms with Crippen molar-refractivity contribution in [3.05, 3.63) is 0 Å². The van der Waals surface area contributed by atoms with E-state index in [-0.39, 0.29) is 22.4 Å². The molecule has 0 atom stereocenters. The molecule has 170 valence electrons. The van der Waals surface area contributed by atoms with Gasteiger partial charge in [-0.3, -0.25) is 10.1 Å². The first kappa shape index (κ1) is 29.6. The van der Waals surface area contributed by atoms with Crippen LogP contribution in [0.25, 0.3) is 0 Å². The molecule has 0 radical (unpaired) electrons. The van der Waals surface area contributed by atoms with E-state index in [4.69, 9.17) is 0 Å². The molecule has 3 N–H and O–H groups in total. The van der Waals surface area contributed by atoms with Gasteiger partial charge in [-0.2, -0.15) is 0 Å². The summed E-state index contributed by atoms with van der Waals surface area (Å²) in [5, 5.41) is 9.81. The SMILES string of the molecule is CC(C)(C)CCNC(=O)C(C)(C)NC(C)(C)C.CC(C)(C)CCNC(C)(C)C. The standard InChI is InChI=1S/C14H30N2O.C10H23N/c1-12(2,3)9-10-15-11(17)14(7,8)16-13(4,5)6;1-9(2,3)7-8-11-10(4,5)6/h16H,9-10H2,1-8H3,(H,15,17);11H,7-8H2,1-6H3. The van der Waals surface area contributed by atoms with E-state index < -0.39 is 5.54 Å². The maximum Gasteiger partial charge on any atom is 0.239 e. The Morgan fingerprint density at radius 2 is 1.00 bits per heavy atom. The summed E-state index contributed by atoms with van der Waals surface area (Å²) in [7, 11) is 0. The first-order chi connectivity index (χ1) is 12.0. The van der Waals surface area contributed by atoms with Gasteiger partial charge < -0.3 is 10.6 Å². The Balaban J connectivity index is 0. The highest BCUT2D eigenvalue weighted by Crippen LogP contribution is 2.18. The van der Waals surface area contributed by atoms with E-state index in [1.807, 2.05) is 13.8 Å². The van der Waals surface area contributed by atoms with Gasteiger partial charge in [-0.05, 0) is 85.6 Å². The molecule has 0 aromatic rings. The Labute approximate surface area is 177 Å². The van der Waals surface area contributed by atoms with Crippen LogP contribution in [0.3, 0.4) is 0 Å². The largest absolute Gasteiger partial charge is 0.354 e. The van der Waals surface area contributed by atoms with Crippen LogP contribution in [0.4, 0.5) is 0 Å². The molecule has 1 amide bonds. The highest BCUT2D eigenvalue weighted by atomic mass is 16.2. The number of hydrogen-bond donors (Lipinski definition) is 3. The van der Waals surface area contributed by atoms with Gasteiger partial charge >= 0.3 is 0 Å². The predicted octanol–water partition coefficient (Wildman–Crippen LogP) is 5.52. The molecule has 4 heteroatoms. The Morgan fingerprint density at radius 3 is 1.32 bits per heavy atom. The van der Waals surface area contributed by atoms with Gasteiger partial charge in [0.15, 0.2) is 0 Å². The second-order valence-corrected chi connectivity index (χ2v) is 13.1. The van der Waals surface area contributed by atoms with Crippen LogP contribution >= 0.6 is 0 Å². The third-order valence-electron chi connectivity index (χ3n) is 3.95. The molecule has 0 rings (SSSR count). The monoisotopic (exact) mass is 399 g/mol. The summed E-state index contributed by atoms with van der Waals surface area (Å²) in [6, 6.07) is 0. The summed E-state index contributed by atoms with van der Waals surface area (Å²) in [6.07, 6.45) is 2.23. The minimum atomic E-state index is -0.532. The number of carbonyl (C=O) groups is 1. The van der Waals surface area contributed by atoms with Crippen LogP contribution < -0.4 is 16.0 Å². The van der Waals surface area contributed by atoms with E-state index in [0.29, 0.717) is 5.41 Å². The zero-order valence-electron chi connectivity index (χ0n) is 21.7. The van der Waals surface area contributed by atoms with Crippen LogP contribution in [0.1, 0.15) is 110 Å². The van der Waals surface area contributed by atoms with Crippen molar-refractivity contribution in [3.8, 4) is 0 Å². The highest BCUT2D eigenvalue weighted by molar-refractivity contribution is 5.85. The first-order valence-corrected chi connectivity index (χ1v) is 10.9. The predicted molar refractivity (Wildman–Crippen MR) is 126 cm³/mol. The fraction of sp³-hybridized carbons (Fsp3) is 0.958. The molecule has 0 saturated heterocycles. The van der Waals surface area contributed by atoms with E-state index in [1.54, 1.807) is 0 Å². The summed E-state index contributed by atoms with van der Waals surface area (Å²) in [5.41, 5.74) is 0.388. The highest BCUT2D eigenvalue weighted by Gasteiger charge is 2.31. The second-order valence-electron chi connectivity index (χ2n) is 13.1. The lowest BCUT2D eigenvalue weighted by atomic mass is 9.92. The number of rotatable bonds is 6. The number of amides is 1. The minimum Gasteiger partial charge on any atom is -0.354 e. The molecule has 0 aromatic carbocycles. The van der Waals surface area contributed by atoms with Gasteiger partial charge in [0.2, 0.25) is 5.91 Å². The van der Waals surface area contributed by atoms with Crippen LogP contribution in [0.15, 0.2) is 0 Å². The third kappa shape index (κ3) is 21.7. The van der Waals surface area contributed by atoms with E-state index in [0.717, 1.165) is 19.5 Å². The Hall–Kier alpha value is -0.610. The van der Waals surface area contributed by atoms with Crippen LogP contribution in [-0.2, 0) is 4.79 Å². The normalized spacial score (nSPS) is 13.6. The first-order valence-electron chi connectivity index (χ1n) is 10.9. The van der Waals surface area contributed by atoms with Crippen molar-refractivity contribution in [1.29, 1.82) is 0 Å². The molecular weight excluding hydrogens is 346 g/mol. The lowest BCUT2D eigenvalue weighted by molar-refractivity contribution is -0.127. The van der Waals surface area contributed by atoms with E-state index >= 15 is 0 Å². The van der Waals surface area contributed by atoms with Gasteiger partial charge in [0.1, 0.15) is 0 Å². The van der Waals surface area contributed by atoms with Crippen molar-refractivity contribution >= 4 is 5.91 Å². The van der Waals surface area contributed by atoms with Crippen molar-refractivity contribution in [2.75, 3.05) is 13.1 Å². The summed E-state index contributed by atoms with van der Waals surface area (Å²) in [4.78, 5) is 12.1. The molecular formula is C24H53N3O. The van der Waals surface area contributed by atoms with Crippen LogP contribution in [0, 0.1) is 10.8 Å². The zero-order chi connectivity index (χ0) is 23.0. The lowest BCUT2D eigenvalue weighted by Crippen LogP contribution is -2.58. The average Bonchev–Trinajstić information content (AvgIpc) is 2.31. The molecule has 0 aliphatic heterocycles. The third-order valence-corrected chi connectivity index (χ3v) is 3.95. The van der Waals surface area contributed by atoms with Crippen molar-refractivity contribution < 1.29 is 4.79 Å². The van der Waals surface area contributed by atoms with Gasteiger partial charge in [0.05, 0.1) is 5.54 Å². The number of carbonyl (C=O) groups excluding carboxylic acids is 1. The van der Waals surface area contributed by atoms with E-state index in [1.165, 1.54) is 6.42 Å². The number of nitrogens with one attached hydrogen (secondary N) is 3. The van der Waals surface area contributed by atoms with E-state index in [2.05, 4.69) is 99.0 Å². The van der Waals surface area contributed by atoms with Gasteiger partial charge in [-0.1, -0.05) is 41.5 Å². The fourth-order valence-corrected chi connectivity index (χ4v) is 2.58. The topological polar surface area (TPSA) is 53.2 Å². The maximum absolute atomic E-state index is 12.1. The Morgan fingerprint density at radius 1 is 0.607 bits per heavy atom. The zero-order valence-corrected chi connectivity index (χ0v) is 21.7. The average molecular weight is 400 g/mol. The summed E-state index contributed by atoms with van der Waals surface area (Å²) in [5.74, 6) is 0.0664. The van der Waals surface area contributed by atoms with Crippen LogP contribution in [-0.4, -0.2) is 35.6 Å². The van der Waals surface area contributed by atoms with Crippen molar-refractivity contribution in [3.63, 3.8) is 0 Å². The van der Waals surface area contributed by atoms with Gasteiger partial charge in [0.25, 0.3) is 0 Å². The Bertz CT molecular complexity index is 426. The van der Waals surface area contributed by atoms with Crippen molar-refractivity contribution in [2.45, 2.75) is 126 Å². The summed E-state index contributed by atoms with van der Waals surface area (Å²) < 4.78 is 0. The molecule has 0 unspecified atom stereocenters.